The van der Waals surface area contributed by atoms with Crippen LogP contribution in [0.1, 0.15) is 53.7 Å². The molecule has 1 atom stereocenters. The molecule has 8 nitrogen and oxygen atoms in total. The highest BCUT2D eigenvalue weighted by Gasteiger charge is 2.50. The highest BCUT2D eigenvalue weighted by atomic mass is 19.4. The number of carbonyl (C=O) groups excluding carboxylic acids is 2. The monoisotopic (exact) mass is 498 g/mol. The Balaban J connectivity index is 1.34. The molecular weight excluding hydrogens is 473 g/mol. The summed E-state index contributed by atoms with van der Waals surface area (Å²) in [5.41, 5.74) is -1.09. The fourth-order valence-electron chi connectivity index (χ4n) is 5.25. The van der Waals surface area contributed by atoms with Crippen molar-refractivity contribution in [2.45, 2.75) is 50.4 Å². The molecule has 0 bridgehead atoms. The van der Waals surface area contributed by atoms with Gasteiger partial charge >= 0.3 is 6.18 Å². The van der Waals surface area contributed by atoms with E-state index in [0.29, 0.717) is 44.6 Å². The maximum atomic E-state index is 13.4. The van der Waals surface area contributed by atoms with Crippen LogP contribution in [-0.4, -0.2) is 58.4 Å². The molecule has 2 saturated heterocycles. The number of likely N-dealkylation sites (tertiary alicyclic amines) is 1. The van der Waals surface area contributed by atoms with Crippen LogP contribution in [0.4, 0.5) is 18.9 Å². The molecule has 1 unspecified atom stereocenters. The van der Waals surface area contributed by atoms with E-state index >= 15 is 0 Å². The summed E-state index contributed by atoms with van der Waals surface area (Å²) in [5.74, 6) is -0.517. The number of alkyl halides is 3. The van der Waals surface area contributed by atoms with Crippen molar-refractivity contribution in [1.82, 2.24) is 20.2 Å². The van der Waals surface area contributed by atoms with Crippen LogP contribution in [0.15, 0.2) is 36.8 Å². The quantitative estimate of drug-likeness (QED) is 0.695. The van der Waals surface area contributed by atoms with Gasteiger partial charge in [0.25, 0.3) is 5.91 Å². The Morgan fingerprint density at radius 2 is 1.92 bits per heavy atom. The Bertz CT molecular complexity index is 1200. The van der Waals surface area contributed by atoms with Crippen molar-refractivity contribution >= 4 is 17.5 Å². The van der Waals surface area contributed by atoms with Crippen LogP contribution in [-0.2, 0) is 11.0 Å². The number of nitriles is 1. The van der Waals surface area contributed by atoms with Crippen molar-refractivity contribution < 1.29 is 22.8 Å². The Kier molecular flexibility index (Phi) is 6.06. The van der Waals surface area contributed by atoms with Crippen LogP contribution in [0.3, 0.4) is 0 Å². The van der Waals surface area contributed by atoms with Crippen molar-refractivity contribution in [1.29, 1.82) is 5.26 Å². The highest BCUT2D eigenvalue weighted by Crippen LogP contribution is 2.45. The van der Waals surface area contributed by atoms with Crippen LogP contribution < -0.4 is 10.2 Å². The largest absolute Gasteiger partial charge is 0.417 e. The zero-order valence-corrected chi connectivity index (χ0v) is 19.5. The molecule has 3 aliphatic rings. The first kappa shape index (κ1) is 24.0. The van der Waals surface area contributed by atoms with Crippen LogP contribution in [0.2, 0.25) is 0 Å². The minimum absolute atomic E-state index is 0.156. The van der Waals surface area contributed by atoms with Gasteiger partial charge in [-0.15, -0.1) is 0 Å². The normalized spacial score (nSPS) is 21.3. The van der Waals surface area contributed by atoms with Gasteiger partial charge in [0.15, 0.2) is 0 Å². The summed E-state index contributed by atoms with van der Waals surface area (Å²) < 4.78 is 40.3. The topological polar surface area (TPSA) is 102 Å². The summed E-state index contributed by atoms with van der Waals surface area (Å²) in [6.45, 7) is 1.33. The van der Waals surface area contributed by atoms with Crippen molar-refractivity contribution in [2.24, 2.45) is 5.41 Å². The summed E-state index contributed by atoms with van der Waals surface area (Å²) in [7, 11) is 0. The summed E-state index contributed by atoms with van der Waals surface area (Å²) in [5, 5.41) is 12.1. The minimum Gasteiger partial charge on any atom is -0.371 e. The molecule has 1 saturated carbocycles. The first-order chi connectivity index (χ1) is 17.2. The number of hydrogen-bond acceptors (Lipinski definition) is 6. The van der Waals surface area contributed by atoms with Gasteiger partial charge in [-0.05, 0) is 55.7 Å². The number of nitrogens with one attached hydrogen (secondary N) is 1. The lowest BCUT2D eigenvalue weighted by atomic mass is 9.76. The van der Waals surface area contributed by atoms with Crippen LogP contribution in [0, 0.1) is 16.7 Å². The van der Waals surface area contributed by atoms with Crippen LogP contribution >= 0.6 is 0 Å². The molecular formula is C25H25F3N6O2. The molecule has 11 heteroatoms. The number of piperidine rings is 1. The van der Waals surface area contributed by atoms with Gasteiger partial charge < -0.3 is 15.1 Å². The van der Waals surface area contributed by atoms with E-state index in [2.05, 4.69) is 15.3 Å². The lowest BCUT2D eigenvalue weighted by Gasteiger charge is -2.40. The molecule has 3 fully saturated rings. The minimum atomic E-state index is -4.62. The van der Waals surface area contributed by atoms with E-state index in [0.717, 1.165) is 18.9 Å². The van der Waals surface area contributed by atoms with Gasteiger partial charge in [0, 0.05) is 43.8 Å². The first-order valence-corrected chi connectivity index (χ1v) is 11.9. The summed E-state index contributed by atoms with van der Waals surface area (Å²) in [6, 6.07) is 4.91. The van der Waals surface area contributed by atoms with E-state index in [4.69, 9.17) is 5.26 Å². The third-order valence-electron chi connectivity index (χ3n) is 7.40. The lowest BCUT2D eigenvalue weighted by Crippen LogP contribution is -2.46. The van der Waals surface area contributed by atoms with Gasteiger partial charge in [0.05, 0.1) is 23.4 Å². The molecule has 1 N–H and O–H groups in total. The Morgan fingerprint density at radius 1 is 1.17 bits per heavy atom. The molecule has 2 aromatic rings. The third kappa shape index (κ3) is 4.72. The van der Waals surface area contributed by atoms with Crippen molar-refractivity contribution in [3.8, 4) is 6.07 Å². The maximum Gasteiger partial charge on any atom is 0.417 e. The highest BCUT2D eigenvalue weighted by molar-refractivity contribution is 5.96. The summed E-state index contributed by atoms with van der Waals surface area (Å²) >= 11 is 0. The molecule has 1 aliphatic carbocycles. The van der Waals surface area contributed by atoms with Crippen molar-refractivity contribution in [3.05, 3.63) is 53.6 Å². The zero-order chi connectivity index (χ0) is 25.5. The maximum absolute atomic E-state index is 13.4. The molecule has 5 rings (SSSR count). The van der Waals surface area contributed by atoms with Gasteiger partial charge in [0.1, 0.15) is 11.7 Å². The average Bonchev–Trinajstić information content (AvgIpc) is 3.62. The molecule has 0 radical (unpaired) electrons. The van der Waals surface area contributed by atoms with Gasteiger partial charge in [-0.2, -0.15) is 18.4 Å². The molecule has 1 aromatic carbocycles. The summed E-state index contributed by atoms with van der Waals surface area (Å²) in [6.07, 6.45) is 3.26. The van der Waals surface area contributed by atoms with Gasteiger partial charge in [0.2, 0.25) is 5.91 Å². The molecule has 2 amide bonds. The van der Waals surface area contributed by atoms with E-state index in [9.17, 15) is 22.8 Å². The van der Waals surface area contributed by atoms with Gasteiger partial charge in [-0.1, -0.05) is 0 Å². The Labute approximate surface area is 206 Å². The Hall–Kier alpha value is -3.68. The summed E-state index contributed by atoms with van der Waals surface area (Å²) in [4.78, 5) is 37.9. The number of nitrogens with zero attached hydrogens (tertiary/aromatic N) is 5. The fourth-order valence-corrected chi connectivity index (χ4v) is 5.25. The predicted molar refractivity (Wildman–Crippen MR) is 123 cm³/mol. The van der Waals surface area contributed by atoms with Gasteiger partial charge in [-0.25, -0.2) is 4.98 Å². The number of benzene rings is 1. The second-order valence-corrected chi connectivity index (χ2v) is 9.85. The molecule has 3 heterocycles. The van der Waals surface area contributed by atoms with E-state index in [1.54, 1.807) is 11.0 Å². The number of halogens is 3. The SMILES string of the molecule is N#Cc1ccc(N2CCC3(CC2)CC(C(=O)NC2CC2)N(C(=O)c2cnccn2)C3)cc1C(F)(F)F. The van der Waals surface area contributed by atoms with Crippen molar-refractivity contribution in [3.63, 3.8) is 0 Å². The lowest BCUT2D eigenvalue weighted by molar-refractivity contribution is -0.137. The first-order valence-electron chi connectivity index (χ1n) is 11.9. The van der Waals surface area contributed by atoms with E-state index < -0.39 is 23.3 Å². The number of aromatic nitrogens is 2. The van der Waals surface area contributed by atoms with Gasteiger partial charge in [-0.3, -0.25) is 14.6 Å². The smallest absolute Gasteiger partial charge is 0.371 e. The molecule has 1 aromatic heterocycles. The fraction of sp³-hybridized carbons (Fsp3) is 0.480. The second-order valence-electron chi connectivity index (χ2n) is 9.85. The molecule has 36 heavy (non-hydrogen) atoms. The molecule has 2 aliphatic heterocycles. The van der Waals surface area contributed by atoms with E-state index in [1.165, 1.54) is 30.7 Å². The number of amides is 2. The van der Waals surface area contributed by atoms with E-state index in [-0.39, 0.29) is 29.0 Å². The predicted octanol–water partition coefficient (Wildman–Crippen LogP) is 3.15. The molecule has 188 valence electrons. The standard InChI is InChI=1S/C25H25F3N6O2/c26-25(27,28)19-11-18(4-1-16(19)13-29)33-9-5-24(6-10-33)12-21(22(35)32-17-2-3-17)34(15-24)23(36)20-14-30-7-8-31-20/h1,4,7-8,11,14,17,21H,2-3,5-6,9-10,12,15H2,(H,32,35). The van der Waals surface area contributed by atoms with Crippen LogP contribution in [0.5, 0.6) is 0 Å². The van der Waals surface area contributed by atoms with Crippen LogP contribution in [0.25, 0.3) is 0 Å². The Morgan fingerprint density at radius 3 is 2.53 bits per heavy atom. The third-order valence-corrected chi connectivity index (χ3v) is 7.40. The zero-order valence-electron chi connectivity index (χ0n) is 19.5. The number of hydrogen-bond donors (Lipinski definition) is 1. The molecule has 1 spiro atoms. The second kappa shape index (κ2) is 9.08. The average molecular weight is 499 g/mol. The van der Waals surface area contributed by atoms with Crippen molar-refractivity contribution in [2.75, 3.05) is 24.5 Å². The number of rotatable bonds is 4. The van der Waals surface area contributed by atoms with E-state index in [1.807, 2.05) is 4.90 Å². The number of carbonyl (C=O) groups is 2. The number of anilines is 1.